The average molecular weight is 709 g/mol. The lowest BCUT2D eigenvalue weighted by Crippen LogP contribution is -2.45. The van der Waals surface area contributed by atoms with Gasteiger partial charge < -0.3 is 39.0 Å². The number of ether oxygens (including phenoxy) is 4. The number of imidazole rings is 1. The van der Waals surface area contributed by atoms with Crippen LogP contribution in [0.4, 0.5) is 25.8 Å². The fourth-order valence-electron chi connectivity index (χ4n) is 4.95. The Hall–Kier alpha value is -4.89. The first-order chi connectivity index (χ1) is 23.6. The topological polar surface area (TPSA) is 162 Å². The van der Waals surface area contributed by atoms with Gasteiger partial charge in [0.1, 0.15) is 30.8 Å². The van der Waals surface area contributed by atoms with Gasteiger partial charge in [-0.05, 0) is 50.6 Å². The van der Waals surface area contributed by atoms with Crippen LogP contribution in [0.5, 0.6) is 0 Å². The molecule has 3 N–H and O–H groups in total. The van der Waals surface area contributed by atoms with Crippen molar-refractivity contribution < 1.29 is 38.1 Å². The van der Waals surface area contributed by atoms with Gasteiger partial charge in [0.2, 0.25) is 5.91 Å². The number of carbonyl (C=O) groups excluding carboxylic acids is 4. The number of hydrogen-bond donors (Lipinski definition) is 3. The summed E-state index contributed by atoms with van der Waals surface area (Å²) in [5, 5.41) is 8.42. The molecule has 14 nitrogen and oxygen atoms in total. The van der Waals surface area contributed by atoms with Gasteiger partial charge in [-0.1, -0.05) is 50.0 Å². The number of hydrogen-bond acceptors (Lipinski definition) is 9. The van der Waals surface area contributed by atoms with Crippen LogP contribution in [0.25, 0.3) is 11.3 Å². The van der Waals surface area contributed by atoms with Crippen LogP contribution in [0.3, 0.4) is 0 Å². The second-order valence-corrected chi connectivity index (χ2v) is 19.8. The summed E-state index contributed by atoms with van der Waals surface area (Å²) in [7, 11) is -0.136. The molecule has 0 saturated carbocycles. The number of alkyl carbamates (subject to hydrolysis) is 1. The molecule has 0 spiro atoms. The lowest BCUT2D eigenvalue weighted by molar-refractivity contribution is -0.116. The molecule has 2 heterocycles. The van der Waals surface area contributed by atoms with Crippen LogP contribution in [0, 0.1) is 0 Å². The molecular weight excluding hydrogens is 661 g/mol. The van der Waals surface area contributed by atoms with Crippen molar-refractivity contribution in [1.82, 2.24) is 19.8 Å². The lowest BCUT2D eigenvalue weighted by Gasteiger charge is -2.30. The largest absolute Gasteiger partial charge is 0.453 e. The fraction of sp³-hybridized carbons (Fsp3) is 0.457. The van der Waals surface area contributed by atoms with Crippen LogP contribution in [0.15, 0.2) is 54.7 Å². The quantitative estimate of drug-likeness (QED) is 0.127. The Morgan fingerprint density at radius 3 is 2.48 bits per heavy atom. The van der Waals surface area contributed by atoms with Gasteiger partial charge in [-0.3, -0.25) is 10.1 Å². The molecule has 270 valence electrons. The van der Waals surface area contributed by atoms with E-state index in [1.54, 1.807) is 49.7 Å². The molecule has 15 heteroatoms. The van der Waals surface area contributed by atoms with E-state index in [4.69, 9.17) is 23.9 Å². The van der Waals surface area contributed by atoms with E-state index in [0.29, 0.717) is 35.1 Å². The van der Waals surface area contributed by atoms with Gasteiger partial charge in [0.25, 0.3) is 0 Å². The molecule has 3 aromatic rings. The Kier molecular flexibility index (Phi) is 12.6. The number of aromatic nitrogens is 2. The van der Waals surface area contributed by atoms with Gasteiger partial charge in [-0.15, -0.1) is 0 Å². The second-order valence-electron chi connectivity index (χ2n) is 14.2. The van der Waals surface area contributed by atoms with Crippen molar-refractivity contribution >= 4 is 43.6 Å². The number of nitrogens with zero attached hydrogens (tertiary/aromatic N) is 3. The number of nitrogens with one attached hydrogen (secondary N) is 3. The van der Waals surface area contributed by atoms with Gasteiger partial charge in [-0.2, -0.15) is 0 Å². The molecule has 1 aliphatic rings. The first-order valence-corrected chi connectivity index (χ1v) is 20.2. The third-order valence-electron chi connectivity index (χ3n) is 7.52. The van der Waals surface area contributed by atoms with Gasteiger partial charge in [0.05, 0.1) is 25.0 Å². The Labute approximate surface area is 293 Å². The third kappa shape index (κ3) is 11.6. The molecule has 1 atom stereocenters. The van der Waals surface area contributed by atoms with E-state index in [-0.39, 0.29) is 32.8 Å². The first kappa shape index (κ1) is 37.9. The molecule has 2 bridgehead atoms. The highest BCUT2D eigenvalue weighted by atomic mass is 28.3. The van der Waals surface area contributed by atoms with Gasteiger partial charge in [-0.25, -0.2) is 19.4 Å². The first-order valence-electron chi connectivity index (χ1n) is 16.5. The van der Waals surface area contributed by atoms with Crippen LogP contribution in [0.1, 0.15) is 44.6 Å². The summed E-state index contributed by atoms with van der Waals surface area (Å²) in [6, 6.07) is 14.3. The molecule has 1 aromatic heterocycles. The minimum Gasteiger partial charge on any atom is -0.453 e. The Morgan fingerprint density at radius 1 is 1.06 bits per heavy atom. The Bertz CT molecular complexity index is 1650. The van der Waals surface area contributed by atoms with Crippen LogP contribution in [-0.4, -0.2) is 79.1 Å². The number of amides is 4. The molecule has 0 radical (unpaired) electrons. The summed E-state index contributed by atoms with van der Waals surface area (Å²) in [4.78, 5) is 58.5. The monoisotopic (exact) mass is 708 g/mol. The highest BCUT2D eigenvalue weighted by Crippen LogP contribution is 2.33. The molecule has 4 amide bonds. The SMILES string of the molecule is COC(=O)Nc1ccc2c(c1)NC(=O)CCN(C(=O)OC(C)(C)C)C[C@H](NC(=O)OCc1ccccc1)c1nc-2cn1COCC[Si](C)(C)C. The molecule has 0 fully saturated rings. The molecule has 4 rings (SSSR count). The van der Waals surface area contributed by atoms with E-state index in [9.17, 15) is 19.2 Å². The van der Waals surface area contributed by atoms with E-state index in [1.165, 1.54) is 12.0 Å². The van der Waals surface area contributed by atoms with E-state index in [0.717, 1.165) is 11.6 Å². The summed E-state index contributed by atoms with van der Waals surface area (Å²) < 4.78 is 23.9. The number of methoxy groups -OCH3 is 1. The van der Waals surface area contributed by atoms with Crippen molar-refractivity contribution in [2.24, 2.45) is 0 Å². The number of rotatable bonds is 9. The van der Waals surface area contributed by atoms with Gasteiger partial charge in [0.15, 0.2) is 0 Å². The summed E-state index contributed by atoms with van der Waals surface area (Å²) in [6.45, 7) is 12.6. The number of benzene rings is 2. The number of carbonyl (C=O) groups is 4. The fourth-order valence-corrected chi connectivity index (χ4v) is 5.71. The minimum atomic E-state index is -1.39. The predicted octanol–water partition coefficient (Wildman–Crippen LogP) is 6.59. The molecule has 0 unspecified atom stereocenters. The minimum absolute atomic E-state index is 0.0319. The average Bonchev–Trinajstić information content (AvgIpc) is 3.46. The van der Waals surface area contributed by atoms with Crippen LogP contribution in [-0.2, 0) is 37.1 Å². The van der Waals surface area contributed by atoms with Crippen molar-refractivity contribution in [1.29, 1.82) is 0 Å². The van der Waals surface area contributed by atoms with Crippen LogP contribution >= 0.6 is 0 Å². The van der Waals surface area contributed by atoms with E-state index >= 15 is 0 Å². The Balaban J connectivity index is 1.78. The highest BCUT2D eigenvalue weighted by molar-refractivity contribution is 6.76. The molecule has 1 aliphatic heterocycles. The zero-order chi connectivity index (χ0) is 36.5. The van der Waals surface area contributed by atoms with Crippen molar-refractivity contribution in [3.05, 3.63) is 66.1 Å². The summed E-state index contributed by atoms with van der Waals surface area (Å²) >= 11 is 0. The lowest BCUT2D eigenvalue weighted by atomic mass is 10.1. The highest BCUT2D eigenvalue weighted by Gasteiger charge is 2.31. The predicted molar refractivity (Wildman–Crippen MR) is 191 cm³/mol. The molecule has 2 aromatic carbocycles. The summed E-state index contributed by atoms with van der Waals surface area (Å²) in [5.41, 5.74) is 1.76. The standard InChI is InChI=1S/C35H48N6O8Si/c1-35(2,3)49-34(45)40-16-15-30(42)37-27-19-25(36-32(43)46-4)13-14-26(27)28-20-41(23-47-17-18-50(5,6)7)31(38-28)29(21-40)39-33(44)48-22-24-11-9-8-10-12-24/h8-14,19-20,29H,15-18,21-23H2,1-7H3,(H,36,43)(H,37,42)(H,39,44)/t29-/m0/s1. The zero-order valence-corrected chi connectivity index (χ0v) is 30.8. The van der Waals surface area contributed by atoms with Gasteiger partial charge >= 0.3 is 18.3 Å². The maximum Gasteiger partial charge on any atom is 0.411 e. The Morgan fingerprint density at radius 2 is 1.80 bits per heavy atom. The number of anilines is 2. The van der Waals surface area contributed by atoms with E-state index in [1.807, 2.05) is 30.3 Å². The van der Waals surface area contributed by atoms with Crippen LogP contribution < -0.4 is 16.0 Å². The maximum absolute atomic E-state index is 13.5. The normalized spacial score (nSPS) is 15.1. The van der Waals surface area contributed by atoms with Crippen molar-refractivity contribution in [2.45, 2.75) is 77.9 Å². The summed E-state index contributed by atoms with van der Waals surface area (Å²) in [6.07, 6.45) is -0.383. The number of fused-ring (bicyclic) bond motifs is 4. The summed E-state index contributed by atoms with van der Waals surface area (Å²) in [5.74, 6) is 0.00422. The molecular formula is C35H48N6O8Si. The third-order valence-corrected chi connectivity index (χ3v) is 9.22. The molecule has 0 aliphatic carbocycles. The zero-order valence-electron chi connectivity index (χ0n) is 29.8. The maximum atomic E-state index is 13.5. The van der Waals surface area contributed by atoms with E-state index < -0.39 is 43.9 Å². The van der Waals surface area contributed by atoms with Crippen molar-refractivity contribution in [3.63, 3.8) is 0 Å². The van der Waals surface area contributed by atoms with Crippen molar-refractivity contribution in [2.75, 3.05) is 37.4 Å². The second kappa shape index (κ2) is 16.7. The molecule has 50 heavy (non-hydrogen) atoms. The molecule has 0 saturated heterocycles. The smallest absolute Gasteiger partial charge is 0.411 e. The van der Waals surface area contributed by atoms with Crippen LogP contribution in [0.2, 0.25) is 25.7 Å². The van der Waals surface area contributed by atoms with Crippen molar-refractivity contribution in [3.8, 4) is 11.3 Å². The van der Waals surface area contributed by atoms with Gasteiger partial charge in [0, 0.05) is 45.1 Å². The van der Waals surface area contributed by atoms with E-state index in [2.05, 4.69) is 35.6 Å².